The van der Waals surface area contributed by atoms with Crippen molar-refractivity contribution in [2.24, 2.45) is 0 Å². The second-order valence-corrected chi connectivity index (χ2v) is 5.14. The van der Waals surface area contributed by atoms with Crippen molar-refractivity contribution in [1.29, 1.82) is 5.26 Å². The quantitative estimate of drug-likeness (QED) is 0.617. The molecule has 0 aliphatic carbocycles. The fraction of sp³-hybridized carbons (Fsp3) is 0.231. The number of allylic oxidation sites excluding steroid dienone is 1. The third-order valence-electron chi connectivity index (χ3n) is 2.41. The van der Waals surface area contributed by atoms with E-state index >= 15 is 0 Å². The standard InChI is InChI=1S/C13H13N5S/c1-3-7-18-12(11-5-4-6-15-9-11)16-17-13(18)19-10(2)8-14/h3-6,9-10H,1,7H2,2H3/t10-/m1/s1. The van der Waals surface area contributed by atoms with Crippen LogP contribution in [0, 0.1) is 11.3 Å². The Morgan fingerprint density at radius 1 is 1.58 bits per heavy atom. The van der Waals surface area contributed by atoms with E-state index in [9.17, 15) is 0 Å². The van der Waals surface area contributed by atoms with Gasteiger partial charge < -0.3 is 0 Å². The van der Waals surface area contributed by atoms with Crippen LogP contribution in [0.25, 0.3) is 11.4 Å². The summed E-state index contributed by atoms with van der Waals surface area (Å²) in [5.41, 5.74) is 0.897. The fourth-order valence-electron chi connectivity index (χ4n) is 1.56. The Balaban J connectivity index is 2.40. The third kappa shape index (κ3) is 3.01. The molecule has 19 heavy (non-hydrogen) atoms. The summed E-state index contributed by atoms with van der Waals surface area (Å²) in [6.07, 6.45) is 5.24. The average molecular weight is 271 g/mol. The third-order valence-corrected chi connectivity index (χ3v) is 3.38. The number of aromatic nitrogens is 4. The topological polar surface area (TPSA) is 67.4 Å². The number of nitriles is 1. The minimum atomic E-state index is -0.172. The zero-order chi connectivity index (χ0) is 13.7. The normalized spacial score (nSPS) is 11.8. The van der Waals surface area contributed by atoms with Crippen molar-refractivity contribution >= 4 is 11.8 Å². The summed E-state index contributed by atoms with van der Waals surface area (Å²) < 4.78 is 1.93. The lowest BCUT2D eigenvalue weighted by molar-refractivity contribution is 0.730. The lowest BCUT2D eigenvalue weighted by Crippen LogP contribution is -2.02. The number of hydrogen-bond donors (Lipinski definition) is 0. The molecule has 0 fully saturated rings. The molecule has 2 aromatic rings. The summed E-state index contributed by atoms with van der Waals surface area (Å²) in [6.45, 7) is 6.17. The monoisotopic (exact) mass is 271 g/mol. The molecule has 0 aromatic carbocycles. The van der Waals surface area contributed by atoms with E-state index in [1.54, 1.807) is 18.5 Å². The molecule has 0 bridgehead atoms. The Bertz CT molecular complexity index is 599. The number of nitrogens with zero attached hydrogens (tertiary/aromatic N) is 5. The minimum absolute atomic E-state index is 0.172. The zero-order valence-electron chi connectivity index (χ0n) is 10.5. The molecule has 0 aliphatic rings. The number of hydrogen-bond acceptors (Lipinski definition) is 5. The molecule has 0 amide bonds. The van der Waals surface area contributed by atoms with Gasteiger partial charge in [0, 0.05) is 24.5 Å². The van der Waals surface area contributed by atoms with Gasteiger partial charge in [-0.2, -0.15) is 5.26 Å². The largest absolute Gasteiger partial charge is 0.298 e. The van der Waals surface area contributed by atoms with Crippen molar-refractivity contribution in [3.8, 4) is 17.5 Å². The van der Waals surface area contributed by atoms with Gasteiger partial charge in [-0.15, -0.1) is 16.8 Å². The zero-order valence-corrected chi connectivity index (χ0v) is 11.3. The summed E-state index contributed by atoms with van der Waals surface area (Å²) in [7, 11) is 0. The maximum atomic E-state index is 8.88. The van der Waals surface area contributed by atoms with Gasteiger partial charge in [-0.1, -0.05) is 17.8 Å². The first-order chi connectivity index (χ1) is 9.26. The van der Waals surface area contributed by atoms with E-state index in [2.05, 4.69) is 27.8 Å². The lowest BCUT2D eigenvalue weighted by Gasteiger charge is -2.07. The summed E-state index contributed by atoms with van der Waals surface area (Å²) >= 11 is 1.39. The number of thioether (sulfide) groups is 1. The van der Waals surface area contributed by atoms with Crippen LogP contribution < -0.4 is 0 Å². The molecule has 0 saturated carbocycles. The summed E-state index contributed by atoms with van der Waals surface area (Å²) in [5.74, 6) is 0.737. The van der Waals surface area contributed by atoms with Crippen molar-refractivity contribution in [2.45, 2.75) is 23.9 Å². The first-order valence-corrected chi connectivity index (χ1v) is 6.65. The second kappa shape index (κ2) is 6.16. The Labute approximate surface area is 116 Å². The Kier molecular flexibility index (Phi) is 4.31. The first kappa shape index (κ1) is 13.3. The highest BCUT2D eigenvalue weighted by Gasteiger charge is 2.15. The molecule has 5 nitrogen and oxygen atoms in total. The molecule has 0 unspecified atom stereocenters. The molecule has 2 rings (SSSR count). The highest BCUT2D eigenvalue weighted by Crippen LogP contribution is 2.26. The SMILES string of the molecule is C=CCn1c(S[C@H](C)C#N)nnc1-c1cccnc1. The van der Waals surface area contributed by atoms with E-state index in [-0.39, 0.29) is 5.25 Å². The molecule has 0 N–H and O–H groups in total. The van der Waals surface area contributed by atoms with Crippen LogP contribution in [-0.4, -0.2) is 25.0 Å². The summed E-state index contributed by atoms with van der Waals surface area (Å²) in [4.78, 5) is 4.08. The van der Waals surface area contributed by atoms with Gasteiger partial charge in [-0.05, 0) is 19.1 Å². The molecule has 6 heteroatoms. The highest BCUT2D eigenvalue weighted by molar-refractivity contribution is 8.00. The molecule has 0 radical (unpaired) electrons. The Morgan fingerprint density at radius 2 is 2.42 bits per heavy atom. The van der Waals surface area contributed by atoms with Crippen LogP contribution in [-0.2, 0) is 6.54 Å². The number of pyridine rings is 1. The van der Waals surface area contributed by atoms with Crippen LogP contribution in [0.2, 0.25) is 0 Å². The van der Waals surface area contributed by atoms with Gasteiger partial charge in [0.1, 0.15) is 0 Å². The van der Waals surface area contributed by atoms with Crippen molar-refractivity contribution in [1.82, 2.24) is 19.7 Å². The van der Waals surface area contributed by atoms with E-state index < -0.39 is 0 Å². The molecular formula is C13H13N5S. The van der Waals surface area contributed by atoms with Crippen molar-refractivity contribution in [3.63, 3.8) is 0 Å². The molecule has 96 valence electrons. The number of rotatable bonds is 5. The van der Waals surface area contributed by atoms with Crippen molar-refractivity contribution < 1.29 is 0 Å². The van der Waals surface area contributed by atoms with E-state index in [0.717, 1.165) is 11.4 Å². The van der Waals surface area contributed by atoms with Crippen LogP contribution in [0.5, 0.6) is 0 Å². The second-order valence-electron chi connectivity index (χ2n) is 3.84. The van der Waals surface area contributed by atoms with Crippen LogP contribution in [0.1, 0.15) is 6.92 Å². The smallest absolute Gasteiger partial charge is 0.193 e. The summed E-state index contributed by atoms with van der Waals surface area (Å²) in [6, 6.07) is 5.96. The van der Waals surface area contributed by atoms with Crippen LogP contribution in [0.15, 0.2) is 42.3 Å². The van der Waals surface area contributed by atoms with E-state index in [1.807, 2.05) is 23.6 Å². The predicted octanol–water partition coefficient (Wildman–Crippen LogP) is 2.53. The van der Waals surface area contributed by atoms with Crippen molar-refractivity contribution in [3.05, 3.63) is 37.2 Å². The first-order valence-electron chi connectivity index (χ1n) is 5.77. The van der Waals surface area contributed by atoms with Gasteiger partial charge >= 0.3 is 0 Å². The molecular weight excluding hydrogens is 258 g/mol. The Morgan fingerprint density at radius 3 is 3.05 bits per heavy atom. The van der Waals surface area contributed by atoms with Crippen LogP contribution in [0.4, 0.5) is 0 Å². The molecule has 1 atom stereocenters. The van der Waals surface area contributed by atoms with Gasteiger partial charge in [-0.25, -0.2) is 0 Å². The fourth-order valence-corrected chi connectivity index (χ4v) is 2.31. The molecule has 2 heterocycles. The molecule has 0 saturated heterocycles. The maximum Gasteiger partial charge on any atom is 0.193 e. The average Bonchev–Trinajstić information content (AvgIpc) is 2.83. The van der Waals surface area contributed by atoms with Crippen LogP contribution >= 0.6 is 11.8 Å². The lowest BCUT2D eigenvalue weighted by atomic mass is 10.3. The van der Waals surface area contributed by atoms with E-state index in [4.69, 9.17) is 5.26 Å². The van der Waals surface area contributed by atoms with Crippen molar-refractivity contribution in [2.75, 3.05) is 0 Å². The molecule has 0 spiro atoms. The maximum absolute atomic E-state index is 8.88. The van der Waals surface area contributed by atoms with Gasteiger partial charge in [0.2, 0.25) is 0 Å². The van der Waals surface area contributed by atoms with Gasteiger partial charge in [-0.3, -0.25) is 9.55 Å². The van der Waals surface area contributed by atoms with Gasteiger partial charge in [0.15, 0.2) is 11.0 Å². The van der Waals surface area contributed by atoms with E-state index in [0.29, 0.717) is 11.7 Å². The highest BCUT2D eigenvalue weighted by atomic mass is 32.2. The van der Waals surface area contributed by atoms with Gasteiger partial charge in [0.25, 0.3) is 0 Å². The minimum Gasteiger partial charge on any atom is -0.298 e. The predicted molar refractivity (Wildman–Crippen MR) is 74.4 cm³/mol. The van der Waals surface area contributed by atoms with Crippen LogP contribution in [0.3, 0.4) is 0 Å². The Hall–Kier alpha value is -2.13. The molecule has 2 aromatic heterocycles. The summed E-state index contributed by atoms with van der Waals surface area (Å²) in [5, 5.41) is 17.8. The molecule has 0 aliphatic heterocycles. The van der Waals surface area contributed by atoms with E-state index in [1.165, 1.54) is 11.8 Å². The van der Waals surface area contributed by atoms with Gasteiger partial charge in [0.05, 0.1) is 11.3 Å².